The molecule has 1 fully saturated rings. The van der Waals surface area contributed by atoms with Crippen LogP contribution < -0.4 is 4.90 Å². The predicted octanol–water partition coefficient (Wildman–Crippen LogP) is 1.79. The largest absolute Gasteiger partial charge is 0.295 e. The molecule has 0 N–H and O–H groups in total. The monoisotopic (exact) mass is 252 g/mol. The fraction of sp³-hybridized carbons (Fsp3) is 0.444. The Morgan fingerprint density at radius 1 is 1.65 bits per heavy atom. The Hall–Kier alpha value is -1.85. The summed E-state index contributed by atoms with van der Waals surface area (Å²) in [6.45, 7) is 0.791. The van der Waals surface area contributed by atoms with E-state index in [1.54, 1.807) is 0 Å². The number of amides is 1. The molecule has 0 spiro atoms. The first-order chi connectivity index (χ1) is 8.20. The minimum atomic E-state index is -0.0558. The Balaban J connectivity index is 2.12. The molecule has 0 radical (unpaired) electrons. The number of hydrogen-bond donors (Lipinski definition) is 0. The lowest BCUT2D eigenvalue weighted by Gasteiger charge is -2.14. The molecule has 2 rings (SSSR count). The Morgan fingerprint density at radius 3 is 3.18 bits per heavy atom. The zero-order valence-corrected chi connectivity index (χ0v) is 9.58. The number of nitrogens with zero attached hydrogens (tertiary/aromatic N) is 6. The van der Waals surface area contributed by atoms with Crippen LogP contribution >= 0.6 is 11.6 Å². The van der Waals surface area contributed by atoms with E-state index in [-0.39, 0.29) is 17.0 Å². The van der Waals surface area contributed by atoms with E-state index in [2.05, 4.69) is 20.0 Å². The third-order valence-corrected chi connectivity index (χ3v) is 2.66. The van der Waals surface area contributed by atoms with Crippen LogP contribution in [0.2, 0.25) is 5.15 Å². The summed E-state index contributed by atoms with van der Waals surface area (Å²) in [5, 5.41) is 3.72. The van der Waals surface area contributed by atoms with Crippen LogP contribution in [0.5, 0.6) is 0 Å². The fourth-order valence-corrected chi connectivity index (χ4v) is 1.88. The molecule has 0 aromatic carbocycles. The molecule has 1 aliphatic rings. The summed E-state index contributed by atoms with van der Waals surface area (Å²) >= 11 is 5.71. The molecule has 8 heteroatoms. The van der Waals surface area contributed by atoms with Crippen molar-refractivity contribution < 1.29 is 4.79 Å². The normalized spacial score (nSPS) is 19.2. The van der Waals surface area contributed by atoms with E-state index in [1.807, 2.05) is 0 Å². The molecule has 2 heterocycles. The number of carbonyl (C=O) groups excluding carboxylic acids is 1. The first-order valence-corrected chi connectivity index (χ1v) is 5.37. The lowest BCUT2D eigenvalue weighted by molar-refractivity contribution is -0.117. The van der Waals surface area contributed by atoms with Crippen LogP contribution in [-0.4, -0.2) is 29.0 Å². The zero-order chi connectivity index (χ0) is 12.3. The molecule has 0 aliphatic carbocycles. The maximum absolute atomic E-state index is 11.7. The van der Waals surface area contributed by atoms with Crippen molar-refractivity contribution in [2.24, 2.45) is 11.0 Å². The number of anilines is 1. The van der Waals surface area contributed by atoms with Gasteiger partial charge in [0.15, 0.2) is 5.82 Å². The van der Waals surface area contributed by atoms with Crippen LogP contribution in [0.25, 0.3) is 10.4 Å². The van der Waals surface area contributed by atoms with Crippen molar-refractivity contribution in [3.63, 3.8) is 0 Å². The van der Waals surface area contributed by atoms with E-state index in [4.69, 9.17) is 17.1 Å². The van der Waals surface area contributed by atoms with Gasteiger partial charge in [0.25, 0.3) is 0 Å². The molecule has 1 unspecified atom stereocenters. The van der Waals surface area contributed by atoms with Crippen molar-refractivity contribution in [3.8, 4) is 0 Å². The van der Waals surface area contributed by atoms with Crippen molar-refractivity contribution in [3.05, 3.63) is 28.0 Å². The maximum Gasteiger partial charge on any atom is 0.228 e. The summed E-state index contributed by atoms with van der Waals surface area (Å²) in [5.41, 5.74) is 8.23. The molecule has 17 heavy (non-hydrogen) atoms. The lowest BCUT2D eigenvalue weighted by Crippen LogP contribution is -2.25. The number of halogens is 1. The molecule has 7 nitrogen and oxygen atoms in total. The molecule has 1 aromatic rings. The summed E-state index contributed by atoms with van der Waals surface area (Å²) in [6.07, 6.45) is 3.25. The fourth-order valence-electron chi connectivity index (χ4n) is 1.74. The van der Waals surface area contributed by atoms with E-state index in [0.29, 0.717) is 25.3 Å². The highest BCUT2D eigenvalue weighted by Gasteiger charge is 2.31. The van der Waals surface area contributed by atoms with Gasteiger partial charge in [-0.3, -0.25) is 14.7 Å². The van der Waals surface area contributed by atoms with Gasteiger partial charge in [-0.2, -0.15) is 0 Å². The molecule has 0 bridgehead atoms. The molecule has 1 amide bonds. The maximum atomic E-state index is 11.7. The van der Waals surface area contributed by atoms with Gasteiger partial charge < -0.3 is 0 Å². The predicted molar refractivity (Wildman–Crippen MR) is 61.5 cm³/mol. The van der Waals surface area contributed by atoms with E-state index in [1.165, 1.54) is 17.3 Å². The highest BCUT2D eigenvalue weighted by atomic mass is 35.5. The van der Waals surface area contributed by atoms with Gasteiger partial charge in [0.1, 0.15) is 5.15 Å². The van der Waals surface area contributed by atoms with Crippen LogP contribution in [0.1, 0.15) is 6.42 Å². The SMILES string of the molecule is [N-]=[N+]=NCC1CC(=O)N(c2cncc(Cl)n2)C1. The molecule has 0 saturated carbocycles. The van der Waals surface area contributed by atoms with Crippen LogP contribution in [-0.2, 0) is 4.79 Å². The van der Waals surface area contributed by atoms with Gasteiger partial charge in [-0.15, -0.1) is 0 Å². The van der Waals surface area contributed by atoms with E-state index < -0.39 is 0 Å². The van der Waals surface area contributed by atoms with Gasteiger partial charge in [-0.1, -0.05) is 16.7 Å². The minimum absolute atomic E-state index is 0.0270. The summed E-state index contributed by atoms with van der Waals surface area (Å²) in [6, 6.07) is 0. The second kappa shape index (κ2) is 4.99. The van der Waals surface area contributed by atoms with Gasteiger partial charge in [0.05, 0.1) is 12.4 Å². The molecule has 1 aliphatic heterocycles. The first-order valence-electron chi connectivity index (χ1n) is 4.99. The van der Waals surface area contributed by atoms with Gasteiger partial charge in [0.2, 0.25) is 5.91 Å². The number of aromatic nitrogens is 2. The Morgan fingerprint density at radius 2 is 2.47 bits per heavy atom. The number of rotatable bonds is 3. The van der Waals surface area contributed by atoms with Crippen molar-refractivity contribution >= 4 is 23.3 Å². The Bertz CT molecular complexity index is 486. The standard InChI is InChI=1S/C9H9ClN6O/c10-7-3-12-4-8(14-7)16-5-6(1-9(16)17)2-13-15-11/h3-4,6H,1-2,5H2. The van der Waals surface area contributed by atoms with Gasteiger partial charge in [-0.05, 0) is 11.4 Å². The number of hydrogen-bond acceptors (Lipinski definition) is 4. The average molecular weight is 253 g/mol. The van der Waals surface area contributed by atoms with E-state index in [9.17, 15) is 4.79 Å². The Labute approximate surface area is 102 Å². The van der Waals surface area contributed by atoms with Crippen molar-refractivity contribution in [2.75, 3.05) is 18.0 Å². The van der Waals surface area contributed by atoms with Crippen LogP contribution in [0.4, 0.5) is 5.82 Å². The van der Waals surface area contributed by atoms with Gasteiger partial charge >= 0.3 is 0 Å². The van der Waals surface area contributed by atoms with Crippen LogP contribution in [0.3, 0.4) is 0 Å². The quantitative estimate of drug-likeness (QED) is 0.466. The van der Waals surface area contributed by atoms with Gasteiger partial charge in [0, 0.05) is 24.4 Å². The van der Waals surface area contributed by atoms with Crippen LogP contribution in [0, 0.1) is 5.92 Å². The summed E-state index contributed by atoms with van der Waals surface area (Å²) in [5.74, 6) is 0.407. The average Bonchev–Trinajstić information content (AvgIpc) is 2.68. The minimum Gasteiger partial charge on any atom is -0.295 e. The Kier molecular flexibility index (Phi) is 3.41. The molecular weight excluding hydrogens is 244 g/mol. The molecular formula is C9H9ClN6O. The third-order valence-electron chi connectivity index (χ3n) is 2.48. The van der Waals surface area contributed by atoms with Crippen molar-refractivity contribution in [1.29, 1.82) is 0 Å². The van der Waals surface area contributed by atoms with Crippen LogP contribution in [0.15, 0.2) is 17.5 Å². The highest BCUT2D eigenvalue weighted by Crippen LogP contribution is 2.23. The highest BCUT2D eigenvalue weighted by molar-refractivity contribution is 6.29. The number of carbonyl (C=O) groups is 1. The zero-order valence-electron chi connectivity index (χ0n) is 8.82. The van der Waals surface area contributed by atoms with E-state index in [0.717, 1.165) is 0 Å². The first kappa shape index (κ1) is 11.6. The van der Waals surface area contributed by atoms with Crippen molar-refractivity contribution in [1.82, 2.24) is 9.97 Å². The third kappa shape index (κ3) is 2.64. The number of azide groups is 1. The molecule has 1 atom stereocenters. The second-order valence-electron chi connectivity index (χ2n) is 3.69. The second-order valence-corrected chi connectivity index (χ2v) is 4.08. The summed E-state index contributed by atoms with van der Waals surface area (Å²) in [4.78, 5) is 23.8. The summed E-state index contributed by atoms with van der Waals surface area (Å²) in [7, 11) is 0. The smallest absolute Gasteiger partial charge is 0.228 e. The lowest BCUT2D eigenvalue weighted by atomic mass is 10.1. The molecule has 1 aromatic heterocycles. The van der Waals surface area contributed by atoms with Gasteiger partial charge in [-0.25, -0.2) is 4.98 Å². The van der Waals surface area contributed by atoms with E-state index >= 15 is 0 Å². The van der Waals surface area contributed by atoms with Crippen molar-refractivity contribution in [2.45, 2.75) is 6.42 Å². The molecule has 1 saturated heterocycles. The summed E-state index contributed by atoms with van der Waals surface area (Å²) < 4.78 is 0. The topological polar surface area (TPSA) is 94.9 Å². The molecule has 88 valence electrons.